The van der Waals surface area contributed by atoms with Gasteiger partial charge in [-0.15, -0.1) is 0 Å². The highest BCUT2D eigenvalue weighted by molar-refractivity contribution is 5.75. The number of nitriles is 1. The number of aromatic nitrogens is 2. The Kier molecular flexibility index (Phi) is 2.28. The van der Waals surface area contributed by atoms with Crippen LogP contribution in [0.3, 0.4) is 0 Å². The fourth-order valence-corrected chi connectivity index (χ4v) is 2.59. The van der Waals surface area contributed by atoms with E-state index in [1.54, 1.807) is 0 Å². The van der Waals surface area contributed by atoms with Crippen LogP contribution in [0.15, 0.2) is 23.0 Å². The second kappa shape index (κ2) is 3.72. The molecule has 0 radical (unpaired) electrons. The van der Waals surface area contributed by atoms with Crippen LogP contribution < -0.4 is 11.0 Å². The molecule has 1 heterocycles. The van der Waals surface area contributed by atoms with Crippen LogP contribution in [0, 0.1) is 16.7 Å². The Balaban J connectivity index is 2.08. The summed E-state index contributed by atoms with van der Waals surface area (Å²) in [6, 6.07) is 8.21. The zero-order chi connectivity index (χ0) is 12.8. The molecule has 3 rings (SSSR count). The van der Waals surface area contributed by atoms with Crippen LogP contribution in [0.1, 0.15) is 24.4 Å². The third-order valence-electron chi connectivity index (χ3n) is 3.73. The lowest BCUT2D eigenvalue weighted by atomic mass is 9.91. The molecule has 1 aliphatic rings. The van der Waals surface area contributed by atoms with Gasteiger partial charge in [0.1, 0.15) is 0 Å². The Morgan fingerprint density at radius 3 is 2.72 bits per heavy atom. The second-order valence-electron chi connectivity index (χ2n) is 4.87. The molecule has 5 heteroatoms. The molecule has 1 aromatic heterocycles. The summed E-state index contributed by atoms with van der Waals surface area (Å²) in [4.78, 5) is 16.7. The third kappa shape index (κ3) is 1.54. The fourth-order valence-electron chi connectivity index (χ4n) is 2.59. The van der Waals surface area contributed by atoms with E-state index in [4.69, 9.17) is 0 Å². The van der Waals surface area contributed by atoms with E-state index in [-0.39, 0.29) is 17.1 Å². The summed E-state index contributed by atoms with van der Waals surface area (Å²) in [6.45, 7) is 0. The number of nitrogens with one attached hydrogen (secondary N) is 3. The molecule has 0 saturated heterocycles. The maximum atomic E-state index is 11.2. The van der Waals surface area contributed by atoms with E-state index in [0.717, 1.165) is 29.4 Å². The normalized spacial score (nSPS) is 18.4. The van der Waals surface area contributed by atoms with Crippen LogP contribution in [0.4, 0.5) is 0 Å². The zero-order valence-corrected chi connectivity index (χ0v) is 10.1. The molecule has 0 spiro atoms. The molecule has 1 aliphatic carbocycles. The van der Waals surface area contributed by atoms with E-state index >= 15 is 0 Å². The molecule has 1 fully saturated rings. The highest BCUT2D eigenvalue weighted by Crippen LogP contribution is 2.54. The first-order chi connectivity index (χ1) is 8.68. The van der Waals surface area contributed by atoms with Gasteiger partial charge in [-0.2, -0.15) is 5.26 Å². The van der Waals surface area contributed by atoms with Crippen molar-refractivity contribution >= 4 is 11.0 Å². The van der Waals surface area contributed by atoms with Crippen molar-refractivity contribution in [3.05, 3.63) is 34.2 Å². The number of fused-ring (bicyclic) bond motifs is 1. The summed E-state index contributed by atoms with van der Waals surface area (Å²) in [5, 5.41) is 12.5. The lowest BCUT2D eigenvalue weighted by Crippen LogP contribution is -2.25. The average molecular weight is 242 g/mol. The third-order valence-corrected chi connectivity index (χ3v) is 3.73. The maximum Gasteiger partial charge on any atom is 0.323 e. The highest BCUT2D eigenvalue weighted by atomic mass is 16.1. The number of H-pyrrole nitrogens is 2. The number of imidazole rings is 1. The molecule has 5 nitrogen and oxygen atoms in total. The summed E-state index contributed by atoms with van der Waals surface area (Å²) < 4.78 is 0. The molecule has 1 unspecified atom stereocenters. The number of aromatic amines is 2. The van der Waals surface area contributed by atoms with Gasteiger partial charge in [0.25, 0.3) is 0 Å². The smallest absolute Gasteiger partial charge is 0.312 e. The summed E-state index contributed by atoms with van der Waals surface area (Å²) in [5.41, 5.74) is 2.13. The minimum atomic E-state index is -0.279. The van der Waals surface area contributed by atoms with Gasteiger partial charge in [-0.25, -0.2) is 4.79 Å². The zero-order valence-electron chi connectivity index (χ0n) is 10.1. The fraction of sp³-hybridized carbons (Fsp3) is 0.385. The Bertz CT molecular complexity index is 687. The summed E-state index contributed by atoms with van der Waals surface area (Å²) in [5.74, 6) is 0. The van der Waals surface area contributed by atoms with Crippen LogP contribution in [-0.4, -0.2) is 17.0 Å². The van der Waals surface area contributed by atoms with Crippen molar-refractivity contribution in [3.8, 4) is 6.07 Å². The van der Waals surface area contributed by atoms with Crippen molar-refractivity contribution in [1.29, 1.82) is 5.26 Å². The Morgan fingerprint density at radius 1 is 1.39 bits per heavy atom. The van der Waals surface area contributed by atoms with E-state index in [0.29, 0.717) is 0 Å². The topological polar surface area (TPSA) is 84.5 Å². The summed E-state index contributed by atoms with van der Waals surface area (Å²) in [6.07, 6.45) is 1.85. The molecule has 3 N–H and O–H groups in total. The molecule has 0 aliphatic heterocycles. The van der Waals surface area contributed by atoms with Crippen molar-refractivity contribution in [3.63, 3.8) is 0 Å². The first-order valence-corrected chi connectivity index (χ1v) is 5.99. The van der Waals surface area contributed by atoms with E-state index in [1.807, 2.05) is 25.2 Å². The molecule has 1 atom stereocenters. The minimum Gasteiger partial charge on any atom is -0.312 e. The lowest BCUT2D eigenvalue weighted by Gasteiger charge is -2.21. The molecule has 0 amide bonds. The van der Waals surface area contributed by atoms with E-state index < -0.39 is 0 Å². The van der Waals surface area contributed by atoms with E-state index in [1.165, 1.54) is 0 Å². The van der Waals surface area contributed by atoms with E-state index in [2.05, 4.69) is 21.4 Å². The van der Waals surface area contributed by atoms with Crippen molar-refractivity contribution in [2.24, 2.45) is 5.41 Å². The molecule has 1 saturated carbocycles. The molecule has 0 bridgehead atoms. The van der Waals surface area contributed by atoms with Crippen LogP contribution in [-0.2, 0) is 0 Å². The predicted molar refractivity (Wildman–Crippen MR) is 68.0 cm³/mol. The SMILES string of the molecule is CNC(c1ccc2[nH]c(=O)[nH]c2c1)C1(C#N)CC1. The van der Waals surface area contributed by atoms with E-state index in [9.17, 15) is 10.1 Å². The molecular weight excluding hydrogens is 228 g/mol. The van der Waals surface area contributed by atoms with Crippen LogP contribution >= 0.6 is 0 Å². The monoisotopic (exact) mass is 242 g/mol. The van der Waals surface area contributed by atoms with Gasteiger partial charge in [0.2, 0.25) is 0 Å². The molecule has 92 valence electrons. The number of hydrogen-bond acceptors (Lipinski definition) is 3. The maximum absolute atomic E-state index is 11.2. The summed E-state index contributed by atoms with van der Waals surface area (Å²) >= 11 is 0. The largest absolute Gasteiger partial charge is 0.323 e. The van der Waals surface area contributed by atoms with Gasteiger partial charge in [0, 0.05) is 0 Å². The van der Waals surface area contributed by atoms with Gasteiger partial charge in [-0.05, 0) is 37.6 Å². The van der Waals surface area contributed by atoms with Crippen molar-refractivity contribution in [2.45, 2.75) is 18.9 Å². The van der Waals surface area contributed by atoms with Crippen molar-refractivity contribution < 1.29 is 0 Å². The minimum absolute atomic E-state index is 0.0188. The highest BCUT2D eigenvalue weighted by Gasteiger charge is 2.50. The number of rotatable bonds is 3. The molecular formula is C13H14N4O. The van der Waals surface area contributed by atoms with Gasteiger partial charge >= 0.3 is 5.69 Å². The Hall–Kier alpha value is -2.06. The molecule has 18 heavy (non-hydrogen) atoms. The van der Waals surface area contributed by atoms with Gasteiger partial charge in [-0.3, -0.25) is 0 Å². The standard InChI is InChI=1S/C13H14N4O/c1-15-11(13(7-14)4-5-13)8-2-3-9-10(6-8)17-12(18)16-9/h2-3,6,11,15H,4-5H2,1H3,(H2,16,17,18). The quantitative estimate of drug-likeness (QED) is 0.761. The number of nitrogens with zero attached hydrogens (tertiary/aromatic N) is 1. The van der Waals surface area contributed by atoms with Crippen molar-refractivity contribution in [1.82, 2.24) is 15.3 Å². The first kappa shape index (κ1) is 11.1. The van der Waals surface area contributed by atoms with Crippen LogP contribution in [0.25, 0.3) is 11.0 Å². The number of benzene rings is 1. The molecule has 1 aromatic carbocycles. The Morgan fingerprint density at radius 2 is 2.11 bits per heavy atom. The lowest BCUT2D eigenvalue weighted by molar-refractivity contribution is 0.444. The number of hydrogen-bond donors (Lipinski definition) is 3. The molecule has 2 aromatic rings. The van der Waals surface area contributed by atoms with Gasteiger partial charge < -0.3 is 15.3 Å². The van der Waals surface area contributed by atoms with Gasteiger partial charge in [0.05, 0.1) is 28.6 Å². The van der Waals surface area contributed by atoms with Crippen LogP contribution in [0.2, 0.25) is 0 Å². The second-order valence-corrected chi connectivity index (χ2v) is 4.87. The van der Waals surface area contributed by atoms with Crippen molar-refractivity contribution in [2.75, 3.05) is 7.05 Å². The average Bonchev–Trinajstić information content (AvgIpc) is 3.05. The first-order valence-electron chi connectivity index (χ1n) is 5.99. The summed E-state index contributed by atoms with van der Waals surface area (Å²) in [7, 11) is 1.87. The van der Waals surface area contributed by atoms with Gasteiger partial charge in [-0.1, -0.05) is 6.07 Å². The van der Waals surface area contributed by atoms with Crippen LogP contribution in [0.5, 0.6) is 0 Å². The Labute approximate surface area is 104 Å². The van der Waals surface area contributed by atoms with Gasteiger partial charge in [0.15, 0.2) is 0 Å². The predicted octanol–water partition coefficient (Wildman–Crippen LogP) is 1.42.